The van der Waals surface area contributed by atoms with E-state index in [-0.39, 0.29) is 71.0 Å². The maximum absolute atomic E-state index is 13.3. The number of piperidine rings is 2. The van der Waals surface area contributed by atoms with E-state index in [2.05, 4.69) is 25.9 Å². The molecule has 68 heavy (non-hydrogen) atoms. The molecule has 3 aliphatic rings. The average molecular weight is 973 g/mol. The van der Waals surface area contributed by atoms with Gasteiger partial charge < -0.3 is 29.7 Å². The Morgan fingerprint density at radius 3 is 2.35 bits per heavy atom. The van der Waals surface area contributed by atoms with Crippen molar-refractivity contribution in [3.8, 4) is 5.75 Å². The molecule has 4 aromatic rings. The molecule has 2 fully saturated rings. The van der Waals surface area contributed by atoms with Gasteiger partial charge in [0.2, 0.25) is 23.7 Å². The van der Waals surface area contributed by atoms with E-state index in [0.717, 1.165) is 28.9 Å². The van der Waals surface area contributed by atoms with E-state index in [1.54, 1.807) is 56.3 Å². The highest BCUT2D eigenvalue weighted by Crippen LogP contribution is 2.39. The van der Waals surface area contributed by atoms with Gasteiger partial charge in [-0.25, -0.2) is 13.4 Å². The van der Waals surface area contributed by atoms with E-state index >= 15 is 0 Å². The fourth-order valence-electron chi connectivity index (χ4n) is 8.67. The Morgan fingerprint density at radius 2 is 1.63 bits per heavy atom. The van der Waals surface area contributed by atoms with Gasteiger partial charge >= 0.3 is 0 Å². The third kappa shape index (κ3) is 11.5. The Morgan fingerprint density at radius 1 is 0.897 bits per heavy atom. The Labute approximate surface area is 401 Å². The number of likely N-dealkylation sites (tertiary alicyclic amines) is 1. The number of sulfone groups is 1. The summed E-state index contributed by atoms with van der Waals surface area (Å²) in [4.78, 5) is 75.7. The van der Waals surface area contributed by atoms with Crippen LogP contribution in [0, 0.1) is 6.92 Å². The van der Waals surface area contributed by atoms with Crippen LogP contribution >= 0.6 is 11.6 Å². The zero-order chi connectivity index (χ0) is 48.7. The summed E-state index contributed by atoms with van der Waals surface area (Å²) in [6.07, 6.45) is 4.37. The van der Waals surface area contributed by atoms with Gasteiger partial charge in [0.15, 0.2) is 15.7 Å². The van der Waals surface area contributed by atoms with Gasteiger partial charge in [0.1, 0.15) is 16.8 Å². The van der Waals surface area contributed by atoms with Gasteiger partial charge in [0, 0.05) is 26.1 Å². The number of halogens is 1. The molecular formula is C49H58ClN7O10S. The van der Waals surface area contributed by atoms with Crippen LogP contribution in [0.15, 0.2) is 65.7 Å². The Balaban J connectivity index is 0.849. The number of nitrogens with zero attached hydrogens (tertiary/aromatic N) is 4. The molecular weight excluding hydrogens is 914 g/mol. The van der Waals surface area contributed by atoms with Crippen molar-refractivity contribution < 1.29 is 46.6 Å². The smallest absolute Gasteiger partial charge is 0.262 e. The minimum absolute atomic E-state index is 0.0333. The molecule has 3 N–H and O–H groups in total. The lowest BCUT2D eigenvalue weighted by atomic mass is 9.86. The van der Waals surface area contributed by atoms with Gasteiger partial charge in [-0.05, 0) is 120 Å². The summed E-state index contributed by atoms with van der Waals surface area (Å²) in [7, 11) is -3.60. The van der Waals surface area contributed by atoms with E-state index in [0.29, 0.717) is 74.0 Å². The lowest BCUT2D eigenvalue weighted by Gasteiger charge is -2.33. The van der Waals surface area contributed by atoms with Crippen molar-refractivity contribution in [2.75, 3.05) is 50.2 Å². The second-order valence-electron chi connectivity index (χ2n) is 17.6. The lowest BCUT2D eigenvalue weighted by Crippen LogP contribution is -2.54. The fourth-order valence-corrected chi connectivity index (χ4v) is 10.0. The molecule has 4 heterocycles. The molecule has 0 aliphatic carbocycles. The maximum Gasteiger partial charge on any atom is 0.262 e. The summed E-state index contributed by atoms with van der Waals surface area (Å²) in [5.74, 6) is -0.787. The summed E-state index contributed by atoms with van der Waals surface area (Å²) in [5, 5.41) is 8.18. The first-order chi connectivity index (χ1) is 32.5. The highest BCUT2D eigenvalue weighted by Gasteiger charge is 2.45. The van der Waals surface area contributed by atoms with Crippen molar-refractivity contribution >= 4 is 74.1 Å². The molecule has 5 amide bonds. The minimum Gasteiger partial charge on any atom is -0.489 e. The molecule has 0 radical (unpaired) electrons. The molecule has 0 spiro atoms. The number of hydrogen-bond donors (Lipinski definition) is 3. The van der Waals surface area contributed by atoms with Crippen LogP contribution in [0.4, 0.5) is 23.1 Å². The van der Waals surface area contributed by atoms with Crippen LogP contribution in [-0.4, -0.2) is 115 Å². The standard InChI is InChI=1S/C49H58ClN7O10S/c1-29(2)67-40-27-35(31(5)26-38(40)53-49-51-28-36(50)45(55-49)52-37-13-6-7-14-41(37)68(63,64)30(3)4)32-17-20-56(21-18-32)43(59)19-23-66-25-24-65-22-9-11-33-10-8-12-34-44(33)48(62)57(47(34)61)39-15-16-42(58)54-46(39)60/h6-8,10,12-14,26-30,32,39H,9,11,15-25H2,1-5H3,(H,54,58,60)(H2,51,52,53,55). The molecule has 2 saturated heterocycles. The lowest BCUT2D eigenvalue weighted by molar-refractivity contribution is -0.136. The second kappa shape index (κ2) is 22.0. The van der Waals surface area contributed by atoms with E-state index < -0.39 is 44.8 Å². The van der Waals surface area contributed by atoms with Crippen LogP contribution in [0.3, 0.4) is 0 Å². The van der Waals surface area contributed by atoms with Crippen LogP contribution in [0.5, 0.6) is 5.75 Å². The average Bonchev–Trinajstić information content (AvgIpc) is 3.56. The topological polar surface area (TPSA) is 216 Å². The monoisotopic (exact) mass is 971 g/mol. The number of carbonyl (C=O) groups is 5. The highest BCUT2D eigenvalue weighted by atomic mass is 35.5. The number of amides is 5. The summed E-state index contributed by atoms with van der Waals surface area (Å²) in [5.41, 5.74) is 4.43. The van der Waals surface area contributed by atoms with Crippen molar-refractivity contribution in [2.24, 2.45) is 0 Å². The number of anilines is 4. The quantitative estimate of drug-likeness (QED) is 0.0598. The van der Waals surface area contributed by atoms with Crippen molar-refractivity contribution in [3.05, 3.63) is 93.6 Å². The number of carbonyl (C=O) groups excluding carboxylic acids is 5. The second-order valence-corrected chi connectivity index (χ2v) is 20.5. The molecule has 1 atom stereocenters. The van der Waals surface area contributed by atoms with Crippen molar-refractivity contribution in [1.82, 2.24) is 25.1 Å². The summed E-state index contributed by atoms with van der Waals surface area (Å²) in [6, 6.07) is 14.7. The molecule has 1 aromatic heterocycles. The van der Waals surface area contributed by atoms with E-state index in [1.807, 2.05) is 37.8 Å². The molecule has 3 aromatic carbocycles. The predicted octanol–water partition coefficient (Wildman–Crippen LogP) is 7.06. The largest absolute Gasteiger partial charge is 0.489 e. The molecule has 1 unspecified atom stereocenters. The zero-order valence-electron chi connectivity index (χ0n) is 38.9. The number of aryl methyl sites for hydroxylation is 2. The number of rotatable bonds is 20. The SMILES string of the molecule is Cc1cc(Nc2ncc(Cl)c(Nc3ccccc3S(=O)(=O)C(C)C)n2)c(OC(C)C)cc1C1CCN(C(=O)CCOCCOCCCc2cccc3c2C(=O)N(C2CCC(=O)NC2=O)C3=O)CC1. The number of fused-ring (bicyclic) bond motifs is 1. The van der Waals surface area contributed by atoms with Crippen LogP contribution in [0.25, 0.3) is 0 Å². The van der Waals surface area contributed by atoms with Gasteiger partial charge in [-0.3, -0.25) is 34.2 Å². The van der Waals surface area contributed by atoms with Crippen LogP contribution < -0.4 is 20.7 Å². The summed E-state index contributed by atoms with van der Waals surface area (Å²) >= 11 is 6.50. The molecule has 17 nitrogen and oxygen atoms in total. The normalized spacial score (nSPS) is 16.7. The van der Waals surface area contributed by atoms with Crippen LogP contribution in [-0.2, 0) is 40.1 Å². The number of nitrogens with one attached hydrogen (secondary N) is 3. The van der Waals surface area contributed by atoms with Gasteiger partial charge in [-0.2, -0.15) is 4.98 Å². The number of hydrogen-bond acceptors (Lipinski definition) is 14. The van der Waals surface area contributed by atoms with E-state index in [9.17, 15) is 32.4 Å². The minimum atomic E-state index is -3.60. The molecule has 19 heteroatoms. The van der Waals surface area contributed by atoms with Gasteiger partial charge in [-0.1, -0.05) is 35.9 Å². The predicted molar refractivity (Wildman–Crippen MR) is 256 cm³/mol. The Bertz CT molecular complexity index is 2670. The molecule has 3 aliphatic heterocycles. The van der Waals surface area contributed by atoms with E-state index in [4.69, 9.17) is 25.8 Å². The molecule has 0 saturated carbocycles. The van der Waals surface area contributed by atoms with Crippen LogP contribution in [0.2, 0.25) is 5.02 Å². The number of aromatic nitrogens is 2. The third-order valence-electron chi connectivity index (χ3n) is 12.2. The molecule has 7 rings (SSSR count). The van der Waals surface area contributed by atoms with Gasteiger partial charge in [0.05, 0.1) is 71.2 Å². The zero-order valence-corrected chi connectivity index (χ0v) is 40.5. The molecule has 0 bridgehead atoms. The number of benzene rings is 3. The van der Waals surface area contributed by atoms with Crippen molar-refractivity contribution in [3.63, 3.8) is 0 Å². The molecule has 362 valence electrons. The first-order valence-corrected chi connectivity index (χ1v) is 24.9. The van der Waals surface area contributed by atoms with Crippen molar-refractivity contribution in [1.29, 1.82) is 0 Å². The third-order valence-corrected chi connectivity index (χ3v) is 14.7. The fraction of sp³-hybridized carbons (Fsp3) is 0.449. The highest BCUT2D eigenvalue weighted by molar-refractivity contribution is 7.92. The first kappa shape index (κ1) is 49.9. The Hall–Kier alpha value is -5.95. The van der Waals surface area contributed by atoms with Gasteiger partial charge in [0.25, 0.3) is 11.8 Å². The first-order valence-electron chi connectivity index (χ1n) is 23.0. The maximum atomic E-state index is 13.3. The Kier molecular flexibility index (Phi) is 16.2. The van der Waals surface area contributed by atoms with Crippen molar-refractivity contribution in [2.45, 2.75) is 108 Å². The summed E-state index contributed by atoms with van der Waals surface area (Å²) < 4.78 is 43.9. The number of para-hydroxylation sites is 1. The van der Waals surface area contributed by atoms with Crippen LogP contribution in [0.1, 0.15) is 110 Å². The van der Waals surface area contributed by atoms with E-state index in [1.165, 1.54) is 6.20 Å². The summed E-state index contributed by atoms with van der Waals surface area (Å²) in [6.45, 7) is 11.7. The number of imide groups is 2. The number of ether oxygens (including phenoxy) is 3. The van der Waals surface area contributed by atoms with Gasteiger partial charge in [-0.15, -0.1) is 0 Å².